The van der Waals surface area contributed by atoms with Gasteiger partial charge in [0.25, 0.3) is 0 Å². The summed E-state index contributed by atoms with van der Waals surface area (Å²) >= 11 is 0. The molecule has 1 aromatic carbocycles. The van der Waals surface area contributed by atoms with Crippen LogP contribution in [0, 0.1) is 0 Å². The van der Waals surface area contributed by atoms with Crippen LogP contribution in [0.4, 0.5) is 0 Å². The highest BCUT2D eigenvalue weighted by Crippen LogP contribution is 1.99. The third kappa shape index (κ3) is 3.10. The first kappa shape index (κ1) is 9.98. The molecule has 0 bridgehead atoms. The lowest BCUT2D eigenvalue weighted by Gasteiger charge is -1.95. The van der Waals surface area contributed by atoms with Gasteiger partial charge >= 0.3 is 0 Å². The van der Waals surface area contributed by atoms with Gasteiger partial charge in [-0.15, -0.1) is 0 Å². The largest absolute Gasteiger partial charge is 0.306 e. The third-order valence-electron chi connectivity index (χ3n) is 1.52. The van der Waals surface area contributed by atoms with Crippen molar-refractivity contribution in [1.82, 2.24) is 10.9 Å². The molecule has 1 rings (SSSR count). The summed E-state index contributed by atoms with van der Waals surface area (Å²) in [5.41, 5.74) is 5.21. The zero-order chi connectivity index (χ0) is 10.2. The van der Waals surface area contributed by atoms with Gasteiger partial charge in [0.15, 0.2) is 5.78 Å². The van der Waals surface area contributed by atoms with Crippen molar-refractivity contribution in [3.63, 3.8) is 0 Å². The number of allylic oxidation sites excluding steroid dienone is 1. The summed E-state index contributed by atoms with van der Waals surface area (Å²) in [7, 11) is 0. The quantitative estimate of drug-likeness (QED) is 0.235. The second kappa shape index (κ2) is 5.53. The average Bonchev–Trinajstić information content (AvgIpc) is 2.25. The Kier molecular flexibility index (Phi) is 3.94. The highest BCUT2D eigenvalue weighted by atomic mass is 16.1. The molecule has 0 unspecified atom stereocenters. The summed E-state index contributed by atoms with van der Waals surface area (Å²) in [4.78, 5) is 21.2. The molecule has 0 fully saturated rings. The Morgan fingerprint density at radius 1 is 1.14 bits per heavy atom. The fourth-order valence-corrected chi connectivity index (χ4v) is 0.898. The summed E-state index contributed by atoms with van der Waals surface area (Å²) in [5, 5.41) is 0. The molecule has 0 aliphatic carbocycles. The number of carbonyl (C=O) groups is 2. The van der Waals surface area contributed by atoms with Gasteiger partial charge in [-0.05, 0) is 0 Å². The molecule has 72 valence electrons. The van der Waals surface area contributed by atoms with E-state index in [0.717, 1.165) is 0 Å². The van der Waals surface area contributed by atoms with Crippen molar-refractivity contribution in [3.05, 3.63) is 48.2 Å². The Hall–Kier alpha value is -2.10. The van der Waals surface area contributed by atoms with E-state index in [0.29, 0.717) is 12.0 Å². The van der Waals surface area contributed by atoms with Crippen LogP contribution < -0.4 is 10.9 Å². The van der Waals surface area contributed by atoms with Gasteiger partial charge in [0, 0.05) is 17.8 Å². The molecule has 0 saturated heterocycles. The molecule has 0 heterocycles. The zero-order valence-electron chi connectivity index (χ0n) is 7.44. The number of hydrogen-bond donors (Lipinski definition) is 2. The first-order valence-electron chi connectivity index (χ1n) is 4.05. The topological polar surface area (TPSA) is 58.2 Å². The van der Waals surface area contributed by atoms with E-state index < -0.39 is 0 Å². The highest BCUT2D eigenvalue weighted by Gasteiger charge is 1.97. The Labute approximate surface area is 81.6 Å². The first-order chi connectivity index (χ1) is 6.84. The maximum absolute atomic E-state index is 11.4. The number of hydrazine groups is 1. The van der Waals surface area contributed by atoms with Gasteiger partial charge in [-0.1, -0.05) is 30.3 Å². The standard InChI is InChI=1S/C10H10N2O2/c13-8-12-11-7-6-10(14)9-4-2-1-3-5-9/h1-8,11H,(H,12,13)/b7-6+. The molecule has 2 N–H and O–H groups in total. The van der Waals surface area contributed by atoms with Gasteiger partial charge in [0.05, 0.1) is 0 Å². The van der Waals surface area contributed by atoms with Crippen molar-refractivity contribution in [3.8, 4) is 0 Å². The van der Waals surface area contributed by atoms with E-state index in [-0.39, 0.29) is 5.78 Å². The minimum atomic E-state index is -0.120. The lowest BCUT2D eigenvalue weighted by molar-refractivity contribution is -0.110. The summed E-state index contributed by atoms with van der Waals surface area (Å²) in [6.45, 7) is 0. The summed E-state index contributed by atoms with van der Waals surface area (Å²) < 4.78 is 0. The van der Waals surface area contributed by atoms with E-state index in [1.165, 1.54) is 12.3 Å². The predicted octanol–water partition coefficient (Wildman–Crippen LogP) is 0.634. The van der Waals surface area contributed by atoms with Crippen LogP contribution in [0.15, 0.2) is 42.6 Å². The molecular weight excluding hydrogens is 180 g/mol. The van der Waals surface area contributed by atoms with Crippen LogP contribution in [-0.4, -0.2) is 12.2 Å². The Morgan fingerprint density at radius 2 is 1.86 bits per heavy atom. The van der Waals surface area contributed by atoms with Crippen LogP contribution in [0.25, 0.3) is 0 Å². The molecule has 0 atom stereocenters. The molecular formula is C10H10N2O2. The highest BCUT2D eigenvalue weighted by molar-refractivity contribution is 6.04. The van der Waals surface area contributed by atoms with Crippen molar-refractivity contribution in [2.45, 2.75) is 0 Å². The first-order valence-corrected chi connectivity index (χ1v) is 4.05. The van der Waals surface area contributed by atoms with Gasteiger partial charge in [-0.3, -0.25) is 15.0 Å². The van der Waals surface area contributed by atoms with E-state index in [9.17, 15) is 9.59 Å². The molecule has 0 radical (unpaired) electrons. The van der Waals surface area contributed by atoms with Crippen LogP contribution in [0.5, 0.6) is 0 Å². The van der Waals surface area contributed by atoms with Crippen molar-refractivity contribution in [2.75, 3.05) is 0 Å². The number of rotatable bonds is 5. The van der Waals surface area contributed by atoms with Crippen molar-refractivity contribution in [1.29, 1.82) is 0 Å². The number of nitrogens with one attached hydrogen (secondary N) is 2. The van der Waals surface area contributed by atoms with Gasteiger partial charge < -0.3 is 5.43 Å². The minimum absolute atomic E-state index is 0.120. The molecule has 0 spiro atoms. The molecule has 14 heavy (non-hydrogen) atoms. The average molecular weight is 190 g/mol. The van der Waals surface area contributed by atoms with Crippen molar-refractivity contribution in [2.24, 2.45) is 0 Å². The van der Waals surface area contributed by atoms with Gasteiger partial charge in [-0.25, -0.2) is 0 Å². The molecule has 0 aliphatic heterocycles. The Balaban J connectivity index is 2.51. The molecule has 4 nitrogen and oxygen atoms in total. The van der Waals surface area contributed by atoms with Gasteiger partial charge in [0.2, 0.25) is 6.41 Å². The molecule has 0 aliphatic rings. The third-order valence-corrected chi connectivity index (χ3v) is 1.52. The van der Waals surface area contributed by atoms with E-state index in [4.69, 9.17) is 0 Å². The fraction of sp³-hybridized carbons (Fsp3) is 0. The van der Waals surface area contributed by atoms with Crippen LogP contribution >= 0.6 is 0 Å². The number of amides is 1. The maximum Gasteiger partial charge on any atom is 0.225 e. The number of benzene rings is 1. The van der Waals surface area contributed by atoms with Crippen LogP contribution in [0.3, 0.4) is 0 Å². The number of carbonyl (C=O) groups excluding carboxylic acids is 2. The summed E-state index contributed by atoms with van der Waals surface area (Å²) in [5.74, 6) is -0.120. The monoisotopic (exact) mass is 190 g/mol. The van der Waals surface area contributed by atoms with Gasteiger partial charge in [-0.2, -0.15) is 0 Å². The fourth-order valence-electron chi connectivity index (χ4n) is 0.898. The van der Waals surface area contributed by atoms with Crippen LogP contribution in [0.2, 0.25) is 0 Å². The predicted molar refractivity (Wildman–Crippen MR) is 52.2 cm³/mol. The maximum atomic E-state index is 11.4. The van der Waals surface area contributed by atoms with Crippen molar-refractivity contribution < 1.29 is 9.59 Å². The molecule has 1 amide bonds. The second-order valence-electron chi connectivity index (χ2n) is 2.47. The van der Waals surface area contributed by atoms with Crippen LogP contribution in [0.1, 0.15) is 10.4 Å². The van der Waals surface area contributed by atoms with Crippen LogP contribution in [-0.2, 0) is 4.79 Å². The number of hydrogen-bond acceptors (Lipinski definition) is 3. The lowest BCUT2D eigenvalue weighted by atomic mass is 10.1. The number of ketones is 1. The Bertz CT molecular complexity index is 333. The minimum Gasteiger partial charge on any atom is -0.306 e. The summed E-state index contributed by atoms with van der Waals surface area (Å²) in [6, 6.07) is 8.86. The summed E-state index contributed by atoms with van der Waals surface area (Å²) in [6.07, 6.45) is 3.19. The van der Waals surface area contributed by atoms with E-state index in [1.54, 1.807) is 24.3 Å². The smallest absolute Gasteiger partial charge is 0.225 e. The second-order valence-corrected chi connectivity index (χ2v) is 2.47. The van der Waals surface area contributed by atoms with E-state index >= 15 is 0 Å². The van der Waals surface area contributed by atoms with Crippen molar-refractivity contribution >= 4 is 12.2 Å². The molecule has 1 aromatic rings. The van der Waals surface area contributed by atoms with E-state index in [2.05, 4.69) is 10.9 Å². The molecule has 0 aromatic heterocycles. The SMILES string of the molecule is O=CNN/C=C/C(=O)c1ccccc1. The normalized spacial score (nSPS) is 9.71. The molecule has 4 heteroatoms. The lowest BCUT2D eigenvalue weighted by Crippen LogP contribution is -2.24. The zero-order valence-corrected chi connectivity index (χ0v) is 7.44. The molecule has 0 saturated carbocycles. The van der Waals surface area contributed by atoms with E-state index in [1.807, 2.05) is 6.07 Å². The van der Waals surface area contributed by atoms with Gasteiger partial charge in [0.1, 0.15) is 0 Å². The Morgan fingerprint density at radius 3 is 2.50 bits per heavy atom.